The Labute approximate surface area is 78.7 Å². The molecule has 0 aromatic heterocycles. The van der Waals surface area contributed by atoms with Gasteiger partial charge in [0.1, 0.15) is 5.38 Å². The van der Waals surface area contributed by atoms with Gasteiger partial charge in [0, 0.05) is 0 Å². The average molecular weight is 188 g/mol. The Morgan fingerprint density at radius 1 is 1.75 bits per heavy atom. The number of amides is 1. The van der Waals surface area contributed by atoms with Crippen molar-refractivity contribution in [2.24, 2.45) is 0 Å². The molecule has 0 rings (SSSR count). The van der Waals surface area contributed by atoms with Crippen molar-refractivity contribution in [1.29, 1.82) is 0 Å². The molecule has 0 aromatic rings. The molecule has 0 spiro atoms. The SMILES string of the molecule is C#CC(CCC)NC(=O)C(C)Cl. The van der Waals surface area contributed by atoms with Crippen molar-refractivity contribution in [2.45, 2.75) is 38.1 Å². The molecule has 0 aliphatic carbocycles. The Bertz CT molecular complexity index is 183. The third-order valence-corrected chi connectivity index (χ3v) is 1.65. The molecule has 1 N–H and O–H groups in total. The molecule has 2 atom stereocenters. The number of terminal acetylenes is 1. The summed E-state index contributed by atoms with van der Waals surface area (Å²) in [6.45, 7) is 3.64. The Morgan fingerprint density at radius 2 is 2.33 bits per heavy atom. The summed E-state index contributed by atoms with van der Waals surface area (Å²) in [7, 11) is 0. The largest absolute Gasteiger partial charge is 0.341 e. The van der Waals surface area contributed by atoms with Crippen LogP contribution in [0.1, 0.15) is 26.7 Å². The first-order chi connectivity index (χ1) is 5.61. The zero-order valence-corrected chi connectivity index (χ0v) is 8.19. The standard InChI is InChI=1S/C9H14ClNO/c1-4-6-8(5-2)11-9(12)7(3)10/h2,7-8H,4,6H2,1,3H3,(H,11,12). The number of carbonyl (C=O) groups excluding carboxylic acids is 1. The third kappa shape index (κ3) is 4.25. The van der Waals surface area contributed by atoms with Gasteiger partial charge in [-0.25, -0.2) is 0 Å². The summed E-state index contributed by atoms with van der Waals surface area (Å²) in [5, 5.41) is 2.14. The molecule has 0 bridgehead atoms. The summed E-state index contributed by atoms with van der Waals surface area (Å²) >= 11 is 5.55. The smallest absolute Gasteiger partial charge is 0.238 e. The molecule has 0 saturated carbocycles. The van der Waals surface area contributed by atoms with Crippen molar-refractivity contribution in [3.63, 3.8) is 0 Å². The minimum absolute atomic E-state index is 0.177. The second-order valence-electron chi connectivity index (χ2n) is 2.63. The van der Waals surface area contributed by atoms with Crippen LogP contribution in [0.25, 0.3) is 0 Å². The van der Waals surface area contributed by atoms with Crippen LogP contribution in [0.15, 0.2) is 0 Å². The van der Waals surface area contributed by atoms with Gasteiger partial charge in [-0.1, -0.05) is 19.3 Å². The van der Waals surface area contributed by atoms with E-state index in [1.807, 2.05) is 6.92 Å². The normalized spacial score (nSPS) is 14.5. The molecule has 12 heavy (non-hydrogen) atoms. The van der Waals surface area contributed by atoms with E-state index in [0.717, 1.165) is 12.8 Å². The van der Waals surface area contributed by atoms with Gasteiger partial charge in [0.05, 0.1) is 6.04 Å². The number of halogens is 1. The maximum absolute atomic E-state index is 11.0. The maximum atomic E-state index is 11.0. The van der Waals surface area contributed by atoms with Crippen molar-refractivity contribution >= 4 is 17.5 Å². The van der Waals surface area contributed by atoms with E-state index >= 15 is 0 Å². The van der Waals surface area contributed by atoms with Gasteiger partial charge in [0.15, 0.2) is 0 Å². The second kappa shape index (κ2) is 5.91. The van der Waals surface area contributed by atoms with E-state index in [0.29, 0.717) is 0 Å². The molecule has 1 amide bonds. The van der Waals surface area contributed by atoms with Gasteiger partial charge in [-0.2, -0.15) is 0 Å². The Balaban J connectivity index is 3.88. The molecule has 0 radical (unpaired) electrons. The summed E-state index contributed by atoms with van der Waals surface area (Å²) in [5.41, 5.74) is 0. The van der Waals surface area contributed by atoms with E-state index in [1.165, 1.54) is 0 Å². The lowest BCUT2D eigenvalue weighted by Gasteiger charge is -2.12. The summed E-state index contributed by atoms with van der Waals surface area (Å²) in [6.07, 6.45) is 6.95. The van der Waals surface area contributed by atoms with Crippen molar-refractivity contribution in [1.82, 2.24) is 5.32 Å². The van der Waals surface area contributed by atoms with Crippen LogP contribution in [0.2, 0.25) is 0 Å². The lowest BCUT2D eigenvalue weighted by atomic mass is 10.2. The van der Waals surface area contributed by atoms with Crippen LogP contribution in [0.4, 0.5) is 0 Å². The van der Waals surface area contributed by atoms with E-state index in [4.69, 9.17) is 18.0 Å². The highest BCUT2D eigenvalue weighted by Gasteiger charge is 2.12. The highest BCUT2D eigenvalue weighted by Crippen LogP contribution is 1.98. The zero-order chi connectivity index (χ0) is 9.56. The van der Waals surface area contributed by atoms with Crippen LogP contribution in [0, 0.1) is 12.3 Å². The van der Waals surface area contributed by atoms with Crippen molar-refractivity contribution < 1.29 is 4.79 Å². The molecule has 0 heterocycles. The third-order valence-electron chi connectivity index (χ3n) is 1.46. The minimum Gasteiger partial charge on any atom is -0.341 e. The highest BCUT2D eigenvalue weighted by atomic mass is 35.5. The van der Waals surface area contributed by atoms with Gasteiger partial charge in [0.25, 0.3) is 0 Å². The number of rotatable bonds is 4. The maximum Gasteiger partial charge on any atom is 0.238 e. The van der Waals surface area contributed by atoms with Gasteiger partial charge in [-0.05, 0) is 13.3 Å². The first-order valence-corrected chi connectivity index (χ1v) is 4.46. The van der Waals surface area contributed by atoms with Gasteiger partial charge in [-0.15, -0.1) is 18.0 Å². The second-order valence-corrected chi connectivity index (χ2v) is 3.29. The van der Waals surface area contributed by atoms with E-state index < -0.39 is 5.38 Å². The zero-order valence-electron chi connectivity index (χ0n) is 7.43. The Morgan fingerprint density at radius 3 is 2.67 bits per heavy atom. The summed E-state index contributed by atoms with van der Waals surface area (Å²) in [4.78, 5) is 11.0. The molecule has 2 nitrogen and oxygen atoms in total. The van der Waals surface area contributed by atoms with Crippen molar-refractivity contribution in [3.05, 3.63) is 0 Å². The number of nitrogens with one attached hydrogen (secondary N) is 1. The molecule has 3 heteroatoms. The molecular weight excluding hydrogens is 174 g/mol. The minimum atomic E-state index is -0.516. The van der Waals surface area contributed by atoms with Crippen LogP contribution < -0.4 is 5.32 Å². The Hall–Kier alpha value is -0.680. The highest BCUT2D eigenvalue weighted by molar-refractivity contribution is 6.30. The number of hydrogen-bond donors (Lipinski definition) is 1. The van der Waals surface area contributed by atoms with Crippen LogP contribution in [0.5, 0.6) is 0 Å². The van der Waals surface area contributed by atoms with Gasteiger partial charge in [0.2, 0.25) is 5.91 Å². The predicted molar refractivity (Wildman–Crippen MR) is 51.0 cm³/mol. The van der Waals surface area contributed by atoms with E-state index in [-0.39, 0.29) is 11.9 Å². The topological polar surface area (TPSA) is 29.1 Å². The van der Waals surface area contributed by atoms with Crippen molar-refractivity contribution in [2.75, 3.05) is 0 Å². The number of carbonyl (C=O) groups is 1. The molecule has 0 fully saturated rings. The van der Waals surface area contributed by atoms with Crippen LogP contribution in [-0.4, -0.2) is 17.3 Å². The van der Waals surface area contributed by atoms with Crippen LogP contribution in [-0.2, 0) is 4.79 Å². The van der Waals surface area contributed by atoms with E-state index in [9.17, 15) is 4.79 Å². The van der Waals surface area contributed by atoms with E-state index in [1.54, 1.807) is 6.92 Å². The molecular formula is C9H14ClNO. The summed E-state index contributed by atoms with van der Waals surface area (Å²) in [6, 6.07) is -0.177. The van der Waals surface area contributed by atoms with Crippen LogP contribution >= 0.6 is 11.6 Å². The Kier molecular flexibility index (Phi) is 5.57. The van der Waals surface area contributed by atoms with Crippen LogP contribution in [0.3, 0.4) is 0 Å². The quantitative estimate of drug-likeness (QED) is 0.525. The average Bonchev–Trinajstić information content (AvgIpc) is 2.03. The molecule has 0 saturated heterocycles. The van der Waals surface area contributed by atoms with Gasteiger partial charge < -0.3 is 5.32 Å². The molecule has 68 valence electrons. The summed E-state index contributed by atoms with van der Waals surface area (Å²) in [5.74, 6) is 2.30. The van der Waals surface area contributed by atoms with E-state index in [2.05, 4.69) is 11.2 Å². The van der Waals surface area contributed by atoms with Crippen molar-refractivity contribution in [3.8, 4) is 12.3 Å². The first-order valence-electron chi connectivity index (χ1n) is 4.02. The fraction of sp³-hybridized carbons (Fsp3) is 0.667. The van der Waals surface area contributed by atoms with Gasteiger partial charge in [-0.3, -0.25) is 4.79 Å². The molecule has 0 aromatic carbocycles. The van der Waals surface area contributed by atoms with Gasteiger partial charge >= 0.3 is 0 Å². The molecule has 0 aliphatic rings. The fourth-order valence-electron chi connectivity index (χ4n) is 0.772. The molecule has 2 unspecified atom stereocenters. The fourth-order valence-corrected chi connectivity index (χ4v) is 0.835. The number of hydrogen-bond acceptors (Lipinski definition) is 1. The predicted octanol–water partition coefficient (Wildman–Crippen LogP) is 1.53. The number of alkyl halides is 1. The lowest BCUT2D eigenvalue weighted by Crippen LogP contribution is -2.37. The first kappa shape index (κ1) is 11.3. The lowest BCUT2D eigenvalue weighted by molar-refractivity contribution is -0.120. The monoisotopic (exact) mass is 187 g/mol. The summed E-state index contributed by atoms with van der Waals surface area (Å²) < 4.78 is 0. The molecule has 0 aliphatic heterocycles.